The summed E-state index contributed by atoms with van der Waals surface area (Å²) >= 11 is 0. The molecule has 0 aromatic heterocycles. The zero-order valence-electron chi connectivity index (χ0n) is 20.8. The molecule has 0 bridgehead atoms. The fourth-order valence-electron chi connectivity index (χ4n) is 5.04. The highest BCUT2D eigenvalue weighted by molar-refractivity contribution is 6.02. The van der Waals surface area contributed by atoms with E-state index in [0.29, 0.717) is 23.0 Å². The highest BCUT2D eigenvalue weighted by Crippen LogP contribution is 2.54. The van der Waals surface area contributed by atoms with Gasteiger partial charge in [-0.3, -0.25) is 0 Å². The maximum Gasteiger partial charge on any atom is 0.172 e. The van der Waals surface area contributed by atoms with Gasteiger partial charge in [0.25, 0.3) is 0 Å². The van der Waals surface area contributed by atoms with Gasteiger partial charge in [0.2, 0.25) is 0 Å². The van der Waals surface area contributed by atoms with Crippen molar-refractivity contribution in [3.63, 3.8) is 0 Å². The first-order valence-electron chi connectivity index (χ1n) is 11.4. The van der Waals surface area contributed by atoms with E-state index in [1.807, 2.05) is 24.3 Å². The van der Waals surface area contributed by atoms with Crippen LogP contribution in [0.25, 0.3) is 28.5 Å². The Labute approximate surface area is 205 Å². The lowest BCUT2D eigenvalue weighted by molar-refractivity contribution is 0.371. The lowest BCUT2D eigenvalue weighted by atomic mass is 9.82. The summed E-state index contributed by atoms with van der Waals surface area (Å²) in [5.41, 5.74) is 6.39. The third-order valence-corrected chi connectivity index (χ3v) is 6.40. The molecule has 0 fully saturated rings. The maximum atomic E-state index is 10.5. The molecule has 5 rings (SSSR count). The van der Waals surface area contributed by atoms with Crippen molar-refractivity contribution >= 4 is 23.1 Å². The van der Waals surface area contributed by atoms with E-state index in [1.54, 1.807) is 33.5 Å². The minimum atomic E-state index is -0.186. The van der Waals surface area contributed by atoms with Crippen LogP contribution >= 0.6 is 0 Å². The van der Waals surface area contributed by atoms with Gasteiger partial charge in [0.1, 0.15) is 23.0 Å². The van der Waals surface area contributed by atoms with Crippen LogP contribution in [0.15, 0.2) is 48.5 Å². The number of hydrogen-bond acceptors (Lipinski definition) is 6. The molecule has 0 unspecified atom stereocenters. The van der Waals surface area contributed by atoms with Gasteiger partial charge in [0, 0.05) is 27.9 Å². The number of fused-ring (bicyclic) bond motifs is 5. The Morgan fingerprint density at radius 2 is 1.71 bits per heavy atom. The normalized spacial score (nSPS) is 16.2. The second-order valence-electron chi connectivity index (χ2n) is 9.29. The van der Waals surface area contributed by atoms with Gasteiger partial charge in [-0.05, 0) is 68.8 Å². The van der Waals surface area contributed by atoms with Gasteiger partial charge in [-0.25, -0.2) is 0 Å². The minimum Gasteiger partial charge on any atom is -0.504 e. The first-order valence-corrected chi connectivity index (χ1v) is 11.4. The number of anilines is 1. The Hall–Kier alpha value is -4.06. The van der Waals surface area contributed by atoms with Crippen LogP contribution in [0.2, 0.25) is 0 Å². The Bertz CT molecular complexity index is 1400. The molecule has 2 N–H and O–H groups in total. The molecule has 6 nitrogen and oxygen atoms in total. The van der Waals surface area contributed by atoms with Crippen LogP contribution in [0.3, 0.4) is 0 Å². The number of aromatic hydroxyl groups is 1. The second kappa shape index (κ2) is 8.31. The van der Waals surface area contributed by atoms with Crippen molar-refractivity contribution in [2.45, 2.75) is 26.3 Å². The zero-order chi connectivity index (χ0) is 24.9. The average Bonchev–Trinajstić information content (AvgIpc) is 2.83. The highest BCUT2D eigenvalue weighted by atomic mass is 16.5. The van der Waals surface area contributed by atoms with Crippen molar-refractivity contribution in [3.8, 4) is 39.9 Å². The molecule has 180 valence electrons. The number of phenolic OH excluding ortho intramolecular Hbond substituents is 1. The van der Waals surface area contributed by atoms with E-state index in [1.165, 1.54) is 0 Å². The van der Waals surface area contributed by atoms with E-state index in [0.717, 1.165) is 44.8 Å². The number of benzene rings is 3. The molecule has 0 saturated carbocycles. The zero-order valence-corrected chi connectivity index (χ0v) is 20.8. The molecule has 0 amide bonds. The van der Waals surface area contributed by atoms with Crippen LogP contribution in [-0.4, -0.2) is 32.0 Å². The van der Waals surface area contributed by atoms with Crippen LogP contribution in [0.4, 0.5) is 5.69 Å². The second-order valence-corrected chi connectivity index (χ2v) is 9.29. The van der Waals surface area contributed by atoms with Crippen molar-refractivity contribution in [3.05, 3.63) is 65.2 Å². The summed E-state index contributed by atoms with van der Waals surface area (Å²) in [5, 5.41) is 14.2. The SMILES string of the molecule is COc1ccc(OC)c(C=C2Oc3ccc(O)c(OC)c3-c3ccc4c(c32)C(C)=CC(C)(C)N4)c1. The molecule has 3 aromatic rings. The summed E-state index contributed by atoms with van der Waals surface area (Å²) in [4.78, 5) is 0. The number of methoxy groups -OCH3 is 3. The lowest BCUT2D eigenvalue weighted by Crippen LogP contribution is -2.32. The third-order valence-electron chi connectivity index (χ3n) is 6.40. The van der Waals surface area contributed by atoms with E-state index < -0.39 is 0 Å². The Kier molecular flexibility index (Phi) is 5.39. The smallest absolute Gasteiger partial charge is 0.172 e. The molecule has 0 radical (unpaired) electrons. The van der Waals surface area contributed by atoms with Gasteiger partial charge in [-0.1, -0.05) is 12.1 Å². The predicted octanol–water partition coefficient (Wildman–Crippen LogP) is 6.58. The predicted molar refractivity (Wildman–Crippen MR) is 139 cm³/mol. The molecule has 0 aliphatic carbocycles. The summed E-state index contributed by atoms with van der Waals surface area (Å²) in [5.74, 6) is 3.13. The number of allylic oxidation sites excluding steroid dienone is 1. The molecule has 3 aromatic carbocycles. The molecule has 2 aliphatic heterocycles. The minimum absolute atomic E-state index is 0.0620. The molecule has 0 atom stereocenters. The fourth-order valence-corrected chi connectivity index (χ4v) is 5.04. The molecule has 0 saturated heterocycles. The van der Waals surface area contributed by atoms with E-state index in [9.17, 15) is 5.11 Å². The van der Waals surface area contributed by atoms with Crippen molar-refractivity contribution in [1.29, 1.82) is 0 Å². The van der Waals surface area contributed by atoms with Gasteiger partial charge >= 0.3 is 0 Å². The topological polar surface area (TPSA) is 69.2 Å². The quantitative estimate of drug-likeness (QED) is 0.448. The first-order chi connectivity index (χ1) is 16.8. The number of phenols is 1. The highest BCUT2D eigenvalue weighted by Gasteiger charge is 2.33. The van der Waals surface area contributed by atoms with Gasteiger partial charge < -0.3 is 29.4 Å². The van der Waals surface area contributed by atoms with E-state index in [2.05, 4.69) is 44.3 Å². The largest absolute Gasteiger partial charge is 0.504 e. The summed E-state index contributed by atoms with van der Waals surface area (Å²) in [6.45, 7) is 6.40. The third kappa shape index (κ3) is 3.75. The summed E-state index contributed by atoms with van der Waals surface area (Å²) < 4.78 is 23.2. The van der Waals surface area contributed by atoms with Crippen LogP contribution in [-0.2, 0) is 0 Å². The molecule has 0 spiro atoms. The van der Waals surface area contributed by atoms with E-state index in [-0.39, 0.29) is 11.3 Å². The van der Waals surface area contributed by atoms with Crippen molar-refractivity contribution in [2.75, 3.05) is 26.6 Å². The van der Waals surface area contributed by atoms with Crippen molar-refractivity contribution in [2.24, 2.45) is 0 Å². The van der Waals surface area contributed by atoms with Gasteiger partial charge in [-0.15, -0.1) is 0 Å². The Morgan fingerprint density at radius 1 is 0.914 bits per heavy atom. The first kappa shape index (κ1) is 22.7. The maximum absolute atomic E-state index is 10.5. The number of ether oxygens (including phenoxy) is 4. The summed E-state index contributed by atoms with van der Waals surface area (Å²) in [6.07, 6.45) is 4.18. The Balaban J connectivity index is 1.84. The average molecular weight is 472 g/mol. The lowest BCUT2D eigenvalue weighted by Gasteiger charge is -2.35. The molecule has 2 aliphatic rings. The molecule has 6 heteroatoms. The molecular formula is C29H29NO5. The summed E-state index contributed by atoms with van der Waals surface area (Å²) in [6, 6.07) is 13.1. The Morgan fingerprint density at radius 3 is 2.43 bits per heavy atom. The number of hydrogen-bond donors (Lipinski definition) is 2. The fraction of sp³-hybridized carbons (Fsp3) is 0.241. The molecule has 2 heterocycles. The van der Waals surface area contributed by atoms with Gasteiger partial charge in [-0.2, -0.15) is 0 Å². The van der Waals surface area contributed by atoms with E-state index in [4.69, 9.17) is 18.9 Å². The molecule has 35 heavy (non-hydrogen) atoms. The van der Waals surface area contributed by atoms with Gasteiger partial charge in [0.05, 0.1) is 32.4 Å². The van der Waals surface area contributed by atoms with E-state index >= 15 is 0 Å². The van der Waals surface area contributed by atoms with Crippen LogP contribution in [0.5, 0.6) is 28.7 Å². The van der Waals surface area contributed by atoms with Gasteiger partial charge in [0.15, 0.2) is 11.5 Å². The van der Waals surface area contributed by atoms with Crippen molar-refractivity contribution in [1.82, 2.24) is 0 Å². The molecular weight excluding hydrogens is 442 g/mol. The van der Waals surface area contributed by atoms with Crippen molar-refractivity contribution < 1.29 is 24.1 Å². The van der Waals surface area contributed by atoms with Crippen LogP contribution < -0.4 is 24.3 Å². The van der Waals surface area contributed by atoms with Crippen LogP contribution in [0, 0.1) is 0 Å². The number of rotatable bonds is 4. The monoisotopic (exact) mass is 471 g/mol. The summed E-state index contributed by atoms with van der Waals surface area (Å²) in [7, 11) is 4.83. The standard InChI is InChI=1S/C29H29NO5/c1-16-15-29(2,3)30-20-9-8-19-26(25(16)20)24(14-17-13-18(32-4)7-11-22(17)33-5)35-23-12-10-21(31)28(34-6)27(19)23/h7-15,30-31H,1-6H3. The number of nitrogens with one attached hydrogen (secondary N) is 1. The van der Waals surface area contributed by atoms with Crippen LogP contribution in [0.1, 0.15) is 37.5 Å².